The summed E-state index contributed by atoms with van der Waals surface area (Å²) in [7, 11) is 2.13. The first-order valence-corrected chi connectivity index (χ1v) is 7.66. The number of phenolic OH excluding ortho intramolecular Hbond substituents is 1. The van der Waals surface area contributed by atoms with E-state index in [9.17, 15) is 5.11 Å². The highest BCUT2D eigenvalue weighted by molar-refractivity contribution is 6.30. The summed E-state index contributed by atoms with van der Waals surface area (Å²) in [5.41, 5.74) is 3.63. The van der Waals surface area contributed by atoms with Crippen LogP contribution in [0.2, 0.25) is 5.02 Å². The Balaban J connectivity index is 2.04. The summed E-state index contributed by atoms with van der Waals surface area (Å²) >= 11 is 6.13. The van der Waals surface area contributed by atoms with Gasteiger partial charge in [0.15, 0.2) is 0 Å². The van der Waals surface area contributed by atoms with Crippen molar-refractivity contribution in [3.8, 4) is 5.75 Å². The Morgan fingerprint density at radius 3 is 2.43 bits per heavy atom. The van der Waals surface area contributed by atoms with Gasteiger partial charge in [-0.15, -0.1) is 0 Å². The topological polar surface area (TPSA) is 23.5 Å². The second-order valence-electron chi connectivity index (χ2n) is 5.99. The van der Waals surface area contributed by atoms with Crippen molar-refractivity contribution in [3.05, 3.63) is 64.2 Å². The van der Waals surface area contributed by atoms with Crippen LogP contribution in [0.1, 0.15) is 28.5 Å². The SMILES string of the molecule is Cc1ccccc1[C@H]1CN(C)CC1c1cc(Cl)ccc1O. The Bertz CT molecular complexity index is 655. The monoisotopic (exact) mass is 301 g/mol. The molecule has 2 aromatic rings. The van der Waals surface area contributed by atoms with Crippen LogP contribution in [0, 0.1) is 6.92 Å². The van der Waals surface area contributed by atoms with Crippen molar-refractivity contribution in [1.29, 1.82) is 0 Å². The molecular weight excluding hydrogens is 282 g/mol. The summed E-state index contributed by atoms with van der Waals surface area (Å²) in [6.45, 7) is 4.09. The Morgan fingerprint density at radius 1 is 1.05 bits per heavy atom. The van der Waals surface area contributed by atoms with E-state index in [4.69, 9.17) is 11.6 Å². The summed E-state index contributed by atoms with van der Waals surface area (Å²) in [5, 5.41) is 10.9. The number of likely N-dealkylation sites (N-methyl/N-ethyl adjacent to an activating group) is 1. The molecule has 0 bridgehead atoms. The van der Waals surface area contributed by atoms with Gasteiger partial charge < -0.3 is 10.0 Å². The molecule has 1 fully saturated rings. The normalized spacial score (nSPS) is 22.6. The van der Waals surface area contributed by atoms with Gasteiger partial charge in [-0.25, -0.2) is 0 Å². The number of aryl methyl sites for hydroxylation is 1. The summed E-state index contributed by atoms with van der Waals surface area (Å²) in [5.74, 6) is 1.01. The van der Waals surface area contributed by atoms with Gasteiger partial charge in [0.25, 0.3) is 0 Å². The van der Waals surface area contributed by atoms with Gasteiger partial charge in [0.1, 0.15) is 5.75 Å². The molecule has 2 aromatic carbocycles. The fraction of sp³-hybridized carbons (Fsp3) is 0.333. The number of halogens is 1. The van der Waals surface area contributed by atoms with Gasteiger partial charge in [-0.05, 0) is 43.3 Å². The second-order valence-corrected chi connectivity index (χ2v) is 6.43. The van der Waals surface area contributed by atoms with Gasteiger partial charge >= 0.3 is 0 Å². The third-order valence-corrected chi connectivity index (χ3v) is 4.71. The molecule has 1 saturated heterocycles. The quantitative estimate of drug-likeness (QED) is 0.900. The van der Waals surface area contributed by atoms with E-state index in [0.717, 1.165) is 18.7 Å². The van der Waals surface area contributed by atoms with Crippen molar-refractivity contribution in [2.45, 2.75) is 18.8 Å². The largest absolute Gasteiger partial charge is 0.508 e. The molecule has 1 unspecified atom stereocenters. The number of hydrogen-bond donors (Lipinski definition) is 1. The van der Waals surface area contributed by atoms with Crippen molar-refractivity contribution in [1.82, 2.24) is 4.90 Å². The number of hydrogen-bond acceptors (Lipinski definition) is 2. The van der Waals surface area contributed by atoms with Crippen LogP contribution in [0.4, 0.5) is 0 Å². The Morgan fingerprint density at radius 2 is 1.71 bits per heavy atom. The predicted octanol–water partition coefficient (Wildman–Crippen LogP) is 4.17. The lowest BCUT2D eigenvalue weighted by Crippen LogP contribution is -2.13. The van der Waals surface area contributed by atoms with Gasteiger partial charge in [0, 0.05) is 35.5 Å². The summed E-state index contributed by atoms with van der Waals surface area (Å²) in [4.78, 5) is 2.32. The minimum Gasteiger partial charge on any atom is -0.508 e. The van der Waals surface area contributed by atoms with Gasteiger partial charge in [0.05, 0.1) is 0 Å². The lowest BCUT2D eigenvalue weighted by atomic mass is 9.82. The lowest BCUT2D eigenvalue weighted by Gasteiger charge is -2.22. The molecule has 1 aliphatic rings. The Labute approximate surface area is 131 Å². The third kappa shape index (κ3) is 2.78. The lowest BCUT2D eigenvalue weighted by molar-refractivity contribution is 0.405. The van der Waals surface area contributed by atoms with Gasteiger partial charge in [-0.3, -0.25) is 0 Å². The van der Waals surface area contributed by atoms with Crippen LogP contribution in [0.25, 0.3) is 0 Å². The average Bonchev–Trinajstić information content (AvgIpc) is 2.83. The van der Waals surface area contributed by atoms with Crippen LogP contribution in [0.3, 0.4) is 0 Å². The molecule has 2 atom stereocenters. The zero-order valence-corrected chi connectivity index (χ0v) is 13.1. The van der Waals surface area contributed by atoms with Crippen molar-refractivity contribution < 1.29 is 5.11 Å². The van der Waals surface area contributed by atoms with E-state index in [0.29, 0.717) is 16.7 Å². The minimum atomic E-state index is 0.273. The smallest absolute Gasteiger partial charge is 0.119 e. The van der Waals surface area contributed by atoms with Crippen LogP contribution in [-0.4, -0.2) is 30.1 Å². The molecule has 1 N–H and O–H groups in total. The number of benzene rings is 2. The molecule has 2 nitrogen and oxygen atoms in total. The molecule has 0 amide bonds. The Kier molecular flexibility index (Phi) is 3.92. The van der Waals surface area contributed by atoms with Crippen LogP contribution in [-0.2, 0) is 0 Å². The first-order chi connectivity index (χ1) is 10.1. The van der Waals surface area contributed by atoms with Crippen molar-refractivity contribution >= 4 is 11.6 Å². The molecule has 110 valence electrons. The zero-order chi connectivity index (χ0) is 15.0. The standard InChI is InChI=1S/C18H20ClNO/c1-12-5-3-4-6-14(12)16-10-20(2)11-17(16)15-9-13(19)7-8-18(15)21/h3-9,16-17,21H,10-11H2,1-2H3/t16-,17?/m1/s1. The van der Waals surface area contributed by atoms with E-state index in [1.165, 1.54) is 11.1 Å². The summed E-state index contributed by atoms with van der Waals surface area (Å²) in [6, 6.07) is 13.9. The summed E-state index contributed by atoms with van der Waals surface area (Å²) in [6.07, 6.45) is 0. The molecule has 0 radical (unpaired) electrons. The molecule has 3 rings (SSSR count). The second kappa shape index (κ2) is 5.70. The molecule has 1 heterocycles. The molecular formula is C18H20ClNO. The fourth-order valence-corrected chi connectivity index (χ4v) is 3.64. The number of nitrogens with zero attached hydrogens (tertiary/aromatic N) is 1. The van der Waals surface area contributed by atoms with E-state index in [1.807, 2.05) is 6.07 Å². The first kappa shape index (κ1) is 14.4. The predicted molar refractivity (Wildman–Crippen MR) is 87.3 cm³/mol. The number of aromatic hydroxyl groups is 1. The highest BCUT2D eigenvalue weighted by Gasteiger charge is 2.35. The van der Waals surface area contributed by atoms with Gasteiger partial charge in [0.2, 0.25) is 0 Å². The number of phenols is 1. The molecule has 0 aromatic heterocycles. The van der Waals surface area contributed by atoms with Gasteiger partial charge in [-0.1, -0.05) is 35.9 Å². The molecule has 0 saturated carbocycles. The van der Waals surface area contributed by atoms with Crippen LogP contribution >= 0.6 is 11.6 Å². The number of likely N-dealkylation sites (tertiary alicyclic amines) is 1. The third-order valence-electron chi connectivity index (χ3n) is 4.48. The molecule has 1 aliphatic heterocycles. The summed E-state index contributed by atoms with van der Waals surface area (Å²) < 4.78 is 0. The van der Waals surface area contributed by atoms with Crippen molar-refractivity contribution in [3.63, 3.8) is 0 Å². The van der Waals surface area contributed by atoms with E-state index in [2.05, 4.69) is 43.1 Å². The van der Waals surface area contributed by atoms with E-state index >= 15 is 0 Å². The first-order valence-electron chi connectivity index (χ1n) is 7.28. The Hall–Kier alpha value is -1.51. The number of rotatable bonds is 2. The van der Waals surface area contributed by atoms with Crippen molar-refractivity contribution in [2.75, 3.05) is 20.1 Å². The highest BCUT2D eigenvalue weighted by Crippen LogP contribution is 2.43. The van der Waals surface area contributed by atoms with Crippen molar-refractivity contribution in [2.24, 2.45) is 0 Å². The highest BCUT2D eigenvalue weighted by atomic mass is 35.5. The maximum atomic E-state index is 10.2. The van der Waals surface area contributed by atoms with Gasteiger partial charge in [-0.2, -0.15) is 0 Å². The average molecular weight is 302 g/mol. The maximum absolute atomic E-state index is 10.2. The molecule has 21 heavy (non-hydrogen) atoms. The van der Waals surface area contributed by atoms with E-state index < -0.39 is 0 Å². The molecule has 3 heteroatoms. The maximum Gasteiger partial charge on any atom is 0.119 e. The van der Waals surface area contributed by atoms with E-state index in [-0.39, 0.29) is 5.92 Å². The van der Waals surface area contributed by atoms with Crippen LogP contribution in [0.5, 0.6) is 5.75 Å². The fourth-order valence-electron chi connectivity index (χ4n) is 3.46. The zero-order valence-electron chi connectivity index (χ0n) is 12.4. The van der Waals surface area contributed by atoms with Crippen LogP contribution in [0.15, 0.2) is 42.5 Å². The minimum absolute atomic E-state index is 0.273. The molecule has 0 spiro atoms. The molecule has 0 aliphatic carbocycles. The van der Waals surface area contributed by atoms with Crippen LogP contribution < -0.4 is 0 Å². The van der Waals surface area contributed by atoms with E-state index in [1.54, 1.807) is 12.1 Å².